The number of hydrogen-bond acceptors (Lipinski definition) is 6. The number of benzene rings is 1. The third-order valence-corrected chi connectivity index (χ3v) is 8.65. The van der Waals surface area contributed by atoms with Crippen molar-refractivity contribution < 1.29 is 14.4 Å². The normalized spacial score (nSPS) is 12.5. The van der Waals surface area contributed by atoms with Crippen LogP contribution in [0.1, 0.15) is 0 Å². The summed E-state index contributed by atoms with van der Waals surface area (Å²) in [5, 5.41) is 16.3. The van der Waals surface area contributed by atoms with Crippen LogP contribution in [0.2, 0.25) is 51.4 Å². The number of aromatic nitrogens is 4. The predicted octanol–water partition coefficient (Wildman–Crippen LogP) is 5.43. The van der Waals surface area contributed by atoms with Gasteiger partial charge in [0, 0.05) is 29.4 Å². The fourth-order valence-electron chi connectivity index (χ4n) is 3.23. The summed E-state index contributed by atoms with van der Waals surface area (Å²) >= 11 is 0. The van der Waals surface area contributed by atoms with E-state index in [-0.39, 0.29) is 24.8 Å². The van der Waals surface area contributed by atoms with Gasteiger partial charge in [-0.25, -0.2) is 9.67 Å². The third-order valence-electron chi connectivity index (χ3n) is 5.24. The number of hydrogen-bond donors (Lipinski definition) is 0. The molecule has 11 heteroatoms. The van der Waals surface area contributed by atoms with E-state index in [9.17, 15) is 10.1 Å². The van der Waals surface area contributed by atoms with E-state index in [0.29, 0.717) is 19.0 Å². The Bertz CT molecular complexity index is 1100. The molecule has 0 radical (unpaired) electrons. The Morgan fingerprint density at radius 2 is 1.58 bits per heavy atom. The first-order chi connectivity index (χ1) is 15.4. The zero-order chi connectivity index (χ0) is 24.2. The second-order valence-corrected chi connectivity index (χ2v) is 22.0. The zero-order valence-electron chi connectivity index (χ0n) is 20.5. The maximum atomic E-state index is 11.8. The largest absolute Gasteiger partial charge is 0.361 e. The molecule has 0 atom stereocenters. The Kier molecular flexibility index (Phi) is 7.88. The molecule has 2 heterocycles. The molecule has 180 valence electrons. The van der Waals surface area contributed by atoms with E-state index in [4.69, 9.17) is 9.47 Å². The van der Waals surface area contributed by atoms with Crippen molar-refractivity contribution in [1.82, 2.24) is 19.3 Å². The molecular formula is C22H35N5O4Si2. The van der Waals surface area contributed by atoms with Gasteiger partial charge in [-0.2, -0.15) is 5.10 Å². The summed E-state index contributed by atoms with van der Waals surface area (Å²) < 4.78 is 15.1. The summed E-state index contributed by atoms with van der Waals surface area (Å²) in [6.45, 7) is 15.4. The molecule has 3 aromatic rings. The van der Waals surface area contributed by atoms with Gasteiger partial charge in [0.15, 0.2) is 5.82 Å². The highest BCUT2D eigenvalue weighted by molar-refractivity contribution is 6.76. The van der Waals surface area contributed by atoms with Gasteiger partial charge in [-0.3, -0.25) is 14.7 Å². The fourth-order valence-corrected chi connectivity index (χ4v) is 4.74. The van der Waals surface area contributed by atoms with Crippen molar-refractivity contribution in [2.24, 2.45) is 0 Å². The van der Waals surface area contributed by atoms with Crippen molar-refractivity contribution in [3.8, 4) is 11.5 Å². The van der Waals surface area contributed by atoms with E-state index >= 15 is 0 Å². The summed E-state index contributed by atoms with van der Waals surface area (Å²) in [5.41, 5.74) is 1.73. The number of nitro groups is 1. The monoisotopic (exact) mass is 489 g/mol. The zero-order valence-corrected chi connectivity index (χ0v) is 22.5. The Morgan fingerprint density at radius 3 is 2.18 bits per heavy atom. The van der Waals surface area contributed by atoms with E-state index in [1.807, 2.05) is 28.8 Å². The average Bonchev–Trinajstić information content (AvgIpc) is 3.29. The second kappa shape index (κ2) is 10.3. The Balaban J connectivity index is 1.87. The molecule has 3 rings (SSSR count). The first-order valence-electron chi connectivity index (χ1n) is 11.3. The van der Waals surface area contributed by atoms with Crippen molar-refractivity contribution in [2.45, 2.75) is 64.8 Å². The Hall–Kier alpha value is -2.35. The Morgan fingerprint density at radius 1 is 0.970 bits per heavy atom. The van der Waals surface area contributed by atoms with Crippen molar-refractivity contribution in [3.05, 3.63) is 40.6 Å². The molecule has 0 aliphatic heterocycles. The van der Waals surface area contributed by atoms with Crippen LogP contribution in [0.15, 0.2) is 30.5 Å². The lowest BCUT2D eigenvalue weighted by atomic mass is 10.3. The van der Waals surface area contributed by atoms with E-state index in [1.54, 1.807) is 0 Å². The molecule has 0 saturated carbocycles. The van der Waals surface area contributed by atoms with Gasteiger partial charge >= 0.3 is 5.69 Å². The topological polar surface area (TPSA) is 97.2 Å². The van der Waals surface area contributed by atoms with Gasteiger partial charge in [0.25, 0.3) is 0 Å². The van der Waals surface area contributed by atoms with Crippen LogP contribution in [0.25, 0.3) is 22.6 Å². The molecule has 0 amide bonds. The molecule has 0 fully saturated rings. The van der Waals surface area contributed by atoms with Crippen molar-refractivity contribution >= 4 is 32.9 Å². The molecule has 1 aromatic carbocycles. The van der Waals surface area contributed by atoms with Gasteiger partial charge < -0.3 is 9.47 Å². The van der Waals surface area contributed by atoms with Crippen LogP contribution in [0.3, 0.4) is 0 Å². The third kappa shape index (κ3) is 7.07. The van der Waals surface area contributed by atoms with Crippen molar-refractivity contribution in [2.75, 3.05) is 13.2 Å². The standard InChI is InChI=1S/C22H35N5O4Si2/c1-32(2,3)13-11-30-16-25-15-20(27(28)29)21(24-25)22-23-18-9-7-8-10-19(18)26(22)17-31-12-14-33(4,5)6/h7-10,15H,11-14,16-17H2,1-6H3. The second-order valence-electron chi connectivity index (χ2n) is 10.7. The number of rotatable bonds is 12. The van der Waals surface area contributed by atoms with E-state index in [1.165, 1.54) is 10.9 Å². The summed E-state index contributed by atoms with van der Waals surface area (Å²) in [6, 6.07) is 9.71. The summed E-state index contributed by atoms with van der Waals surface area (Å²) in [4.78, 5) is 16.1. The molecule has 0 saturated heterocycles. The maximum absolute atomic E-state index is 11.8. The smallest absolute Gasteiger partial charge is 0.318 e. The number of fused-ring (bicyclic) bond motifs is 1. The van der Waals surface area contributed by atoms with Crippen LogP contribution in [-0.2, 0) is 22.9 Å². The van der Waals surface area contributed by atoms with Gasteiger partial charge in [0.2, 0.25) is 5.69 Å². The average molecular weight is 490 g/mol. The number of nitrogens with zero attached hydrogens (tertiary/aromatic N) is 5. The van der Waals surface area contributed by atoms with Crippen LogP contribution >= 0.6 is 0 Å². The van der Waals surface area contributed by atoms with Gasteiger partial charge in [-0.15, -0.1) is 0 Å². The number of imidazole rings is 1. The van der Waals surface area contributed by atoms with E-state index < -0.39 is 21.1 Å². The lowest BCUT2D eigenvalue weighted by Crippen LogP contribution is -2.22. The molecule has 9 nitrogen and oxygen atoms in total. The molecule has 0 unspecified atom stereocenters. The minimum atomic E-state index is -1.23. The van der Waals surface area contributed by atoms with E-state index in [0.717, 1.165) is 23.1 Å². The number of ether oxygens (including phenoxy) is 2. The molecule has 2 aromatic heterocycles. The molecule has 0 spiro atoms. The van der Waals surface area contributed by atoms with E-state index in [2.05, 4.69) is 49.4 Å². The molecule has 0 aliphatic rings. The Labute approximate surface area is 196 Å². The summed E-state index contributed by atoms with van der Waals surface area (Å²) in [6.07, 6.45) is 1.42. The predicted molar refractivity (Wildman–Crippen MR) is 136 cm³/mol. The van der Waals surface area contributed by atoms with Crippen LogP contribution in [0, 0.1) is 10.1 Å². The number of para-hydroxylation sites is 2. The molecule has 0 aliphatic carbocycles. The highest BCUT2D eigenvalue weighted by Gasteiger charge is 2.26. The van der Waals surface area contributed by atoms with Gasteiger partial charge in [0.1, 0.15) is 19.7 Å². The quantitative estimate of drug-likeness (QED) is 0.146. The minimum Gasteiger partial charge on any atom is -0.361 e. The highest BCUT2D eigenvalue weighted by Crippen LogP contribution is 2.31. The van der Waals surface area contributed by atoms with Gasteiger partial charge in [-0.05, 0) is 24.2 Å². The maximum Gasteiger partial charge on any atom is 0.318 e. The minimum absolute atomic E-state index is 0.0950. The summed E-state index contributed by atoms with van der Waals surface area (Å²) in [5.74, 6) is 0.428. The van der Waals surface area contributed by atoms with Crippen molar-refractivity contribution in [3.63, 3.8) is 0 Å². The van der Waals surface area contributed by atoms with Gasteiger partial charge in [0.05, 0.1) is 16.0 Å². The molecule has 0 bridgehead atoms. The van der Waals surface area contributed by atoms with Crippen LogP contribution in [0.5, 0.6) is 0 Å². The van der Waals surface area contributed by atoms with Crippen LogP contribution in [-0.4, -0.2) is 53.6 Å². The first-order valence-corrected chi connectivity index (χ1v) is 18.7. The van der Waals surface area contributed by atoms with Crippen LogP contribution in [0.4, 0.5) is 5.69 Å². The first kappa shape index (κ1) is 25.3. The van der Waals surface area contributed by atoms with Crippen molar-refractivity contribution in [1.29, 1.82) is 0 Å². The lowest BCUT2D eigenvalue weighted by Gasteiger charge is -2.16. The van der Waals surface area contributed by atoms with Gasteiger partial charge in [-0.1, -0.05) is 51.4 Å². The fraction of sp³-hybridized carbons (Fsp3) is 0.545. The molecule has 33 heavy (non-hydrogen) atoms. The van der Waals surface area contributed by atoms with Crippen LogP contribution < -0.4 is 0 Å². The molecule has 0 N–H and O–H groups in total. The lowest BCUT2D eigenvalue weighted by molar-refractivity contribution is -0.384. The highest BCUT2D eigenvalue weighted by atomic mass is 28.3. The summed E-state index contributed by atoms with van der Waals surface area (Å²) in [7, 11) is -2.44. The molecular weight excluding hydrogens is 454 g/mol. The SMILES string of the molecule is C[Si](C)(C)CCOCn1cc([N+](=O)[O-])c(-c2nc3ccccc3n2COCC[Si](C)(C)C)n1.